The van der Waals surface area contributed by atoms with Gasteiger partial charge >= 0.3 is 0 Å². The van der Waals surface area contributed by atoms with Gasteiger partial charge in [-0.25, -0.2) is 9.97 Å². The highest BCUT2D eigenvalue weighted by Gasteiger charge is 2.13. The smallest absolute Gasteiger partial charge is 0.165 e. The van der Waals surface area contributed by atoms with E-state index in [1.54, 1.807) is 14.0 Å². The Kier molecular flexibility index (Phi) is 3.11. The minimum absolute atomic E-state index is 0.186. The van der Waals surface area contributed by atoms with Gasteiger partial charge in [-0.3, -0.25) is 0 Å². The molecule has 90 valence electrons. The van der Waals surface area contributed by atoms with Crippen molar-refractivity contribution in [1.82, 2.24) is 9.97 Å². The molecule has 0 aliphatic carbocycles. The van der Waals surface area contributed by atoms with Crippen LogP contribution in [0.5, 0.6) is 5.75 Å². The van der Waals surface area contributed by atoms with Crippen molar-refractivity contribution in [3.05, 3.63) is 35.5 Å². The first kappa shape index (κ1) is 11.9. The standard InChI is InChI=1S/C13H12N4O/c1-8-10(7-14)12(15)17-13(16-8)9-5-3-4-6-11(9)18-2/h3-6H,1-2H3,(H2,15,16,17). The van der Waals surface area contributed by atoms with Gasteiger partial charge in [0.1, 0.15) is 23.2 Å². The van der Waals surface area contributed by atoms with Gasteiger partial charge in [0.25, 0.3) is 0 Å². The second kappa shape index (κ2) is 4.72. The molecular weight excluding hydrogens is 228 g/mol. The summed E-state index contributed by atoms with van der Waals surface area (Å²) < 4.78 is 5.25. The van der Waals surface area contributed by atoms with Crippen molar-refractivity contribution in [2.45, 2.75) is 6.92 Å². The lowest BCUT2D eigenvalue weighted by atomic mass is 10.1. The molecule has 18 heavy (non-hydrogen) atoms. The van der Waals surface area contributed by atoms with Crippen molar-refractivity contribution >= 4 is 5.82 Å². The Hall–Kier alpha value is -2.61. The van der Waals surface area contributed by atoms with E-state index in [-0.39, 0.29) is 5.82 Å². The maximum Gasteiger partial charge on any atom is 0.165 e. The SMILES string of the molecule is COc1ccccc1-c1nc(C)c(C#N)c(N)n1. The van der Waals surface area contributed by atoms with E-state index in [0.29, 0.717) is 22.8 Å². The minimum atomic E-state index is 0.186. The Morgan fingerprint density at radius 1 is 1.28 bits per heavy atom. The highest BCUT2D eigenvalue weighted by atomic mass is 16.5. The third kappa shape index (κ3) is 1.96. The lowest BCUT2D eigenvalue weighted by Crippen LogP contribution is -2.03. The molecule has 0 saturated carbocycles. The molecule has 2 rings (SSSR count). The molecule has 2 aromatic rings. The second-order valence-corrected chi connectivity index (χ2v) is 3.70. The second-order valence-electron chi connectivity index (χ2n) is 3.70. The highest BCUT2D eigenvalue weighted by molar-refractivity contribution is 5.66. The summed E-state index contributed by atoms with van der Waals surface area (Å²) in [4.78, 5) is 8.44. The number of aromatic nitrogens is 2. The predicted molar refractivity (Wildman–Crippen MR) is 67.9 cm³/mol. The lowest BCUT2D eigenvalue weighted by Gasteiger charge is -2.09. The summed E-state index contributed by atoms with van der Waals surface area (Å²) in [6, 6.07) is 9.39. The number of benzene rings is 1. The van der Waals surface area contributed by atoms with Crippen LogP contribution in [0, 0.1) is 18.3 Å². The summed E-state index contributed by atoms with van der Waals surface area (Å²) in [7, 11) is 1.58. The van der Waals surface area contributed by atoms with Crippen molar-refractivity contribution < 1.29 is 4.74 Å². The highest BCUT2D eigenvalue weighted by Crippen LogP contribution is 2.28. The van der Waals surface area contributed by atoms with Crippen LogP contribution in [0.3, 0.4) is 0 Å². The van der Waals surface area contributed by atoms with E-state index >= 15 is 0 Å². The molecule has 5 nitrogen and oxygen atoms in total. The first-order chi connectivity index (χ1) is 8.67. The summed E-state index contributed by atoms with van der Waals surface area (Å²) in [5, 5.41) is 8.93. The number of nitriles is 1. The van der Waals surface area contributed by atoms with Crippen LogP contribution >= 0.6 is 0 Å². The number of aryl methyl sites for hydroxylation is 1. The van der Waals surface area contributed by atoms with Crippen LogP contribution in [-0.4, -0.2) is 17.1 Å². The molecular formula is C13H12N4O. The number of rotatable bonds is 2. The van der Waals surface area contributed by atoms with Gasteiger partial charge in [-0.15, -0.1) is 0 Å². The minimum Gasteiger partial charge on any atom is -0.496 e. The van der Waals surface area contributed by atoms with E-state index in [1.165, 1.54) is 0 Å². The number of methoxy groups -OCH3 is 1. The van der Waals surface area contributed by atoms with Gasteiger partial charge in [-0.1, -0.05) is 12.1 Å². The summed E-state index contributed by atoms with van der Waals surface area (Å²) in [5.74, 6) is 1.31. The van der Waals surface area contributed by atoms with Gasteiger partial charge in [-0.2, -0.15) is 5.26 Å². The Morgan fingerprint density at radius 2 is 2.00 bits per heavy atom. The zero-order chi connectivity index (χ0) is 13.1. The number of nitrogen functional groups attached to an aromatic ring is 1. The van der Waals surface area contributed by atoms with E-state index in [9.17, 15) is 0 Å². The summed E-state index contributed by atoms with van der Waals surface area (Å²) in [6.45, 7) is 1.73. The number of para-hydroxylation sites is 1. The first-order valence-corrected chi connectivity index (χ1v) is 5.35. The summed E-state index contributed by atoms with van der Waals surface area (Å²) >= 11 is 0. The topological polar surface area (TPSA) is 84.8 Å². The van der Waals surface area contributed by atoms with Gasteiger partial charge in [0.05, 0.1) is 18.4 Å². The van der Waals surface area contributed by atoms with Crippen molar-refractivity contribution in [2.24, 2.45) is 0 Å². The van der Waals surface area contributed by atoms with E-state index in [4.69, 9.17) is 15.7 Å². The number of nitrogens with two attached hydrogens (primary N) is 1. The third-order valence-corrected chi connectivity index (χ3v) is 2.58. The monoisotopic (exact) mass is 240 g/mol. The molecule has 2 N–H and O–H groups in total. The molecule has 0 atom stereocenters. The van der Waals surface area contributed by atoms with Crippen LogP contribution in [0.25, 0.3) is 11.4 Å². The number of ether oxygens (including phenoxy) is 1. The van der Waals surface area contributed by atoms with Gasteiger partial charge in [0.15, 0.2) is 5.82 Å². The molecule has 0 radical (unpaired) electrons. The maximum absolute atomic E-state index is 8.93. The first-order valence-electron chi connectivity index (χ1n) is 5.35. The molecule has 0 fully saturated rings. The fraction of sp³-hybridized carbons (Fsp3) is 0.154. The van der Waals surface area contributed by atoms with E-state index in [2.05, 4.69) is 9.97 Å². The van der Waals surface area contributed by atoms with Crippen LogP contribution in [0.15, 0.2) is 24.3 Å². The van der Waals surface area contributed by atoms with Gasteiger partial charge in [-0.05, 0) is 19.1 Å². The number of nitrogens with zero attached hydrogens (tertiary/aromatic N) is 3. The van der Waals surface area contributed by atoms with E-state index in [0.717, 1.165) is 5.56 Å². The van der Waals surface area contributed by atoms with Crippen molar-refractivity contribution in [2.75, 3.05) is 12.8 Å². The van der Waals surface area contributed by atoms with Crippen molar-refractivity contribution in [3.63, 3.8) is 0 Å². The molecule has 1 heterocycles. The van der Waals surface area contributed by atoms with Crippen molar-refractivity contribution in [1.29, 1.82) is 5.26 Å². The molecule has 0 saturated heterocycles. The van der Waals surface area contributed by atoms with Gasteiger partial charge in [0.2, 0.25) is 0 Å². The Bertz CT molecular complexity index is 608. The van der Waals surface area contributed by atoms with Crippen LogP contribution in [0.1, 0.15) is 11.3 Å². The Balaban J connectivity index is 2.63. The zero-order valence-electron chi connectivity index (χ0n) is 10.1. The molecule has 5 heteroatoms. The average Bonchev–Trinajstić information content (AvgIpc) is 2.38. The number of anilines is 1. The molecule has 0 amide bonds. The molecule has 1 aromatic carbocycles. The average molecular weight is 240 g/mol. The molecule has 0 aliphatic rings. The molecule has 0 bridgehead atoms. The molecule has 0 aliphatic heterocycles. The van der Waals surface area contributed by atoms with Crippen LogP contribution in [0.4, 0.5) is 5.82 Å². The fourth-order valence-corrected chi connectivity index (χ4v) is 1.68. The maximum atomic E-state index is 8.93. The van der Waals surface area contributed by atoms with Crippen molar-refractivity contribution in [3.8, 4) is 23.2 Å². The predicted octanol–water partition coefficient (Wildman–Crippen LogP) is 1.91. The number of hydrogen-bond acceptors (Lipinski definition) is 5. The largest absolute Gasteiger partial charge is 0.496 e. The molecule has 1 aromatic heterocycles. The third-order valence-electron chi connectivity index (χ3n) is 2.58. The summed E-state index contributed by atoms with van der Waals surface area (Å²) in [5.41, 5.74) is 7.37. The Morgan fingerprint density at radius 3 is 2.61 bits per heavy atom. The molecule has 0 spiro atoms. The van der Waals surface area contributed by atoms with E-state index in [1.807, 2.05) is 30.3 Å². The lowest BCUT2D eigenvalue weighted by molar-refractivity contribution is 0.416. The van der Waals surface area contributed by atoms with Gasteiger partial charge < -0.3 is 10.5 Å². The molecule has 0 unspecified atom stereocenters. The van der Waals surface area contributed by atoms with Crippen LogP contribution < -0.4 is 10.5 Å². The van der Waals surface area contributed by atoms with Gasteiger partial charge in [0, 0.05) is 0 Å². The van der Waals surface area contributed by atoms with Crippen LogP contribution in [-0.2, 0) is 0 Å². The quantitative estimate of drug-likeness (QED) is 0.866. The summed E-state index contributed by atoms with van der Waals surface area (Å²) in [6.07, 6.45) is 0. The van der Waals surface area contributed by atoms with E-state index < -0.39 is 0 Å². The zero-order valence-corrected chi connectivity index (χ0v) is 10.1. The van der Waals surface area contributed by atoms with Crippen LogP contribution in [0.2, 0.25) is 0 Å². The Labute approximate surface area is 105 Å². The normalized spacial score (nSPS) is 9.83. The number of hydrogen-bond donors (Lipinski definition) is 1. The fourth-order valence-electron chi connectivity index (χ4n) is 1.68.